The van der Waals surface area contributed by atoms with Crippen LogP contribution in [0.2, 0.25) is 0 Å². The molecule has 2 rings (SSSR count). The average Bonchev–Trinajstić information content (AvgIpc) is 2.48. The van der Waals surface area contributed by atoms with E-state index in [4.69, 9.17) is 4.52 Å². The topological polar surface area (TPSA) is 46.5 Å². The van der Waals surface area contributed by atoms with E-state index in [0.29, 0.717) is 12.0 Å². The third-order valence-electron chi connectivity index (χ3n) is 4.07. The molecule has 0 amide bonds. The third kappa shape index (κ3) is 4.55. The molecule has 1 unspecified atom stereocenters. The molecule has 1 fully saturated rings. The molecule has 1 aromatic rings. The first-order chi connectivity index (χ1) is 10.0. The molecule has 0 radical (unpaired) electrons. The van der Waals surface area contributed by atoms with Crippen molar-refractivity contribution >= 4 is 7.60 Å². The SMILES string of the molecule is CCCCP(=O)(O)Oc1cccc(C2CCCCC2)c1F. The highest BCUT2D eigenvalue weighted by Gasteiger charge is 2.25. The van der Waals surface area contributed by atoms with Crippen LogP contribution in [0, 0.1) is 5.82 Å². The molecule has 1 aliphatic carbocycles. The molecule has 0 aliphatic heterocycles. The Hall–Kier alpha value is -0.860. The van der Waals surface area contributed by atoms with Crippen molar-refractivity contribution in [3.63, 3.8) is 0 Å². The van der Waals surface area contributed by atoms with Crippen LogP contribution in [0.4, 0.5) is 4.39 Å². The van der Waals surface area contributed by atoms with Crippen LogP contribution in [0.1, 0.15) is 63.4 Å². The van der Waals surface area contributed by atoms with Gasteiger partial charge in [-0.15, -0.1) is 0 Å². The summed E-state index contributed by atoms with van der Waals surface area (Å²) < 4.78 is 31.6. The molecule has 0 aromatic heterocycles. The second kappa shape index (κ2) is 7.42. The Labute approximate surface area is 126 Å². The lowest BCUT2D eigenvalue weighted by molar-refractivity contribution is 0.364. The Bertz CT molecular complexity index is 512. The molecule has 1 N–H and O–H groups in total. The minimum absolute atomic E-state index is 0.0661. The van der Waals surface area contributed by atoms with Crippen LogP contribution in [0.5, 0.6) is 5.75 Å². The first-order valence-corrected chi connectivity index (χ1v) is 9.59. The van der Waals surface area contributed by atoms with Crippen LogP contribution in [0.25, 0.3) is 0 Å². The third-order valence-corrected chi connectivity index (χ3v) is 5.44. The molecular weight excluding hydrogens is 290 g/mol. The molecule has 1 aliphatic rings. The van der Waals surface area contributed by atoms with Gasteiger partial charge in [0.2, 0.25) is 0 Å². The van der Waals surface area contributed by atoms with Crippen molar-refractivity contribution in [3.8, 4) is 5.75 Å². The molecule has 1 saturated carbocycles. The van der Waals surface area contributed by atoms with E-state index in [0.717, 1.165) is 32.1 Å². The van der Waals surface area contributed by atoms with Gasteiger partial charge in [-0.25, -0.2) is 8.96 Å². The summed E-state index contributed by atoms with van der Waals surface area (Å²) in [5.41, 5.74) is 0.627. The maximum atomic E-state index is 14.6. The lowest BCUT2D eigenvalue weighted by atomic mass is 9.84. The summed E-state index contributed by atoms with van der Waals surface area (Å²) in [6.07, 6.45) is 6.86. The van der Waals surface area contributed by atoms with Gasteiger partial charge in [0, 0.05) is 0 Å². The number of halogens is 1. The van der Waals surface area contributed by atoms with Crippen molar-refractivity contribution in [2.75, 3.05) is 6.16 Å². The van der Waals surface area contributed by atoms with Gasteiger partial charge in [-0.3, -0.25) is 0 Å². The first kappa shape index (κ1) is 16.5. The number of rotatable bonds is 6. The number of hydrogen-bond donors (Lipinski definition) is 1. The fourth-order valence-electron chi connectivity index (χ4n) is 2.88. The number of benzene rings is 1. The molecule has 0 bridgehead atoms. The molecule has 118 valence electrons. The molecule has 1 aromatic carbocycles. The van der Waals surface area contributed by atoms with E-state index in [1.807, 2.05) is 6.92 Å². The minimum atomic E-state index is -3.76. The molecule has 3 nitrogen and oxygen atoms in total. The Morgan fingerprint density at radius 3 is 2.71 bits per heavy atom. The van der Waals surface area contributed by atoms with Crippen molar-refractivity contribution in [3.05, 3.63) is 29.6 Å². The largest absolute Gasteiger partial charge is 0.421 e. The Balaban J connectivity index is 2.15. The molecular formula is C16H24FO3P. The Kier molecular flexibility index (Phi) is 5.83. The van der Waals surface area contributed by atoms with Crippen LogP contribution < -0.4 is 4.52 Å². The predicted molar refractivity (Wildman–Crippen MR) is 82.5 cm³/mol. The quantitative estimate of drug-likeness (QED) is 0.731. The fourth-order valence-corrected chi connectivity index (χ4v) is 4.14. The van der Waals surface area contributed by atoms with Crippen LogP contribution in [-0.4, -0.2) is 11.1 Å². The monoisotopic (exact) mass is 314 g/mol. The smallest absolute Gasteiger partial charge is 0.376 e. The van der Waals surface area contributed by atoms with E-state index in [2.05, 4.69) is 0 Å². The zero-order valence-corrected chi connectivity index (χ0v) is 13.4. The Morgan fingerprint density at radius 2 is 2.05 bits per heavy atom. The van der Waals surface area contributed by atoms with Gasteiger partial charge in [-0.05, 0) is 36.8 Å². The summed E-state index contributed by atoms with van der Waals surface area (Å²) in [5.74, 6) is -0.341. The first-order valence-electron chi connectivity index (χ1n) is 7.83. The van der Waals surface area contributed by atoms with Crippen LogP contribution in [0.3, 0.4) is 0 Å². The molecule has 0 heterocycles. The van der Waals surface area contributed by atoms with Crippen LogP contribution in [-0.2, 0) is 4.57 Å². The Morgan fingerprint density at radius 1 is 1.33 bits per heavy atom. The van der Waals surface area contributed by atoms with Crippen molar-refractivity contribution < 1.29 is 18.4 Å². The van der Waals surface area contributed by atoms with Crippen molar-refractivity contribution in [1.82, 2.24) is 0 Å². The van der Waals surface area contributed by atoms with E-state index in [1.54, 1.807) is 12.1 Å². The van der Waals surface area contributed by atoms with Crippen molar-refractivity contribution in [1.29, 1.82) is 0 Å². The predicted octanol–water partition coefficient (Wildman–Crippen LogP) is 5.24. The molecule has 21 heavy (non-hydrogen) atoms. The zero-order chi connectivity index (χ0) is 15.3. The zero-order valence-electron chi connectivity index (χ0n) is 12.6. The highest BCUT2D eigenvalue weighted by Crippen LogP contribution is 2.45. The molecule has 5 heteroatoms. The number of unbranched alkanes of at least 4 members (excludes halogenated alkanes) is 1. The summed E-state index contributed by atoms with van der Waals surface area (Å²) in [6.45, 7) is 1.93. The summed E-state index contributed by atoms with van der Waals surface area (Å²) in [6, 6.07) is 4.92. The maximum absolute atomic E-state index is 14.6. The van der Waals surface area contributed by atoms with Crippen molar-refractivity contribution in [2.45, 2.75) is 57.8 Å². The van der Waals surface area contributed by atoms with Gasteiger partial charge in [0.1, 0.15) is 0 Å². The molecule has 0 spiro atoms. The van der Waals surface area contributed by atoms with E-state index >= 15 is 0 Å². The summed E-state index contributed by atoms with van der Waals surface area (Å²) in [5, 5.41) is 0. The van der Waals surface area contributed by atoms with E-state index in [-0.39, 0.29) is 17.8 Å². The van der Waals surface area contributed by atoms with Gasteiger partial charge in [0.05, 0.1) is 6.16 Å². The van der Waals surface area contributed by atoms with Gasteiger partial charge < -0.3 is 9.42 Å². The average molecular weight is 314 g/mol. The molecule has 0 saturated heterocycles. The van der Waals surface area contributed by atoms with Gasteiger partial charge in [0.15, 0.2) is 11.6 Å². The van der Waals surface area contributed by atoms with Crippen LogP contribution in [0.15, 0.2) is 18.2 Å². The van der Waals surface area contributed by atoms with E-state index in [9.17, 15) is 13.8 Å². The highest BCUT2D eigenvalue weighted by molar-refractivity contribution is 7.53. The van der Waals surface area contributed by atoms with Gasteiger partial charge in [-0.1, -0.05) is 44.7 Å². The molecule has 1 atom stereocenters. The highest BCUT2D eigenvalue weighted by atomic mass is 31.2. The van der Waals surface area contributed by atoms with Gasteiger partial charge in [0.25, 0.3) is 0 Å². The summed E-state index contributed by atoms with van der Waals surface area (Å²) >= 11 is 0. The lowest BCUT2D eigenvalue weighted by Crippen LogP contribution is -2.08. The summed E-state index contributed by atoms with van der Waals surface area (Å²) in [7, 11) is -3.76. The standard InChI is InChI=1S/C16H24FO3P/c1-2-3-12-21(18,19)20-15-11-7-10-14(16(15)17)13-8-5-4-6-9-13/h7,10-11,13H,2-6,8-9,12H2,1H3,(H,18,19). The second-order valence-corrected chi connectivity index (χ2v) is 7.70. The van der Waals surface area contributed by atoms with E-state index < -0.39 is 13.4 Å². The fraction of sp³-hybridized carbons (Fsp3) is 0.625. The van der Waals surface area contributed by atoms with Gasteiger partial charge in [-0.2, -0.15) is 0 Å². The normalized spacial score (nSPS) is 19.2. The minimum Gasteiger partial charge on any atom is -0.421 e. The van der Waals surface area contributed by atoms with Gasteiger partial charge >= 0.3 is 7.60 Å². The van der Waals surface area contributed by atoms with Crippen LogP contribution >= 0.6 is 7.60 Å². The maximum Gasteiger partial charge on any atom is 0.376 e. The second-order valence-electron chi connectivity index (χ2n) is 5.80. The van der Waals surface area contributed by atoms with E-state index in [1.165, 1.54) is 12.5 Å². The summed E-state index contributed by atoms with van der Waals surface area (Å²) in [4.78, 5) is 9.79. The lowest BCUT2D eigenvalue weighted by Gasteiger charge is -2.23. The number of hydrogen-bond acceptors (Lipinski definition) is 2. The van der Waals surface area contributed by atoms with Crippen molar-refractivity contribution in [2.24, 2.45) is 0 Å².